The van der Waals surface area contributed by atoms with E-state index in [1.54, 1.807) is 14.2 Å². The van der Waals surface area contributed by atoms with Crippen LogP contribution >= 0.6 is 11.6 Å². The minimum absolute atomic E-state index is 0.234. The number of nitrogens with one attached hydrogen (secondary N) is 1. The van der Waals surface area contributed by atoms with E-state index in [9.17, 15) is 0 Å². The summed E-state index contributed by atoms with van der Waals surface area (Å²) < 4.78 is 11.1. The molecule has 2 rings (SSSR count). The molecule has 2 unspecified atom stereocenters. The van der Waals surface area contributed by atoms with Crippen molar-refractivity contribution in [2.75, 3.05) is 19.5 Å². The molecule has 1 N–H and O–H groups in total. The summed E-state index contributed by atoms with van der Waals surface area (Å²) in [6.07, 6.45) is 10.4. The Hall–Kier alpha value is -1.59. The summed E-state index contributed by atoms with van der Waals surface area (Å²) in [5, 5.41) is 2.47. The molecule has 0 aromatic carbocycles. The summed E-state index contributed by atoms with van der Waals surface area (Å²) in [6.45, 7) is 6.36. The van der Waals surface area contributed by atoms with E-state index in [0.29, 0.717) is 17.7 Å². The first-order valence-corrected chi connectivity index (χ1v) is 9.22. The summed E-state index contributed by atoms with van der Waals surface area (Å²) >= 11 is 6.67. The number of rotatable bonds is 8. The average Bonchev–Trinajstić information content (AvgIpc) is 2.65. The topological polar surface area (TPSA) is 56.3 Å². The highest BCUT2D eigenvalue weighted by Gasteiger charge is 2.38. The van der Waals surface area contributed by atoms with Crippen LogP contribution in [0.1, 0.15) is 50.9 Å². The third kappa shape index (κ3) is 4.15. The number of hydrogen-bond acceptors (Lipinski definition) is 5. The summed E-state index contributed by atoms with van der Waals surface area (Å²) in [6, 6.07) is 0.336. The fourth-order valence-corrected chi connectivity index (χ4v) is 3.22. The Morgan fingerprint density at radius 3 is 2.48 bits per heavy atom. The van der Waals surface area contributed by atoms with E-state index in [1.807, 2.05) is 24.3 Å². The van der Waals surface area contributed by atoms with Gasteiger partial charge in [-0.3, -0.25) is 0 Å². The van der Waals surface area contributed by atoms with E-state index in [1.165, 1.54) is 0 Å². The van der Waals surface area contributed by atoms with Crippen LogP contribution in [0.5, 0.6) is 5.88 Å². The van der Waals surface area contributed by atoms with Gasteiger partial charge in [-0.1, -0.05) is 50.6 Å². The fourth-order valence-electron chi connectivity index (χ4n) is 2.97. The molecule has 0 radical (unpaired) electrons. The maximum Gasteiger partial charge on any atom is 0.257 e. The van der Waals surface area contributed by atoms with Gasteiger partial charge in [0.25, 0.3) is 5.88 Å². The van der Waals surface area contributed by atoms with Crippen molar-refractivity contribution in [1.82, 2.24) is 9.97 Å². The predicted octanol–water partition coefficient (Wildman–Crippen LogP) is 4.44. The van der Waals surface area contributed by atoms with Gasteiger partial charge in [-0.05, 0) is 25.3 Å². The number of ether oxygens (including phenoxy) is 2. The van der Waals surface area contributed by atoms with Crippen LogP contribution in [0.3, 0.4) is 0 Å². The molecule has 0 amide bonds. The Labute approximate surface area is 155 Å². The van der Waals surface area contributed by atoms with Gasteiger partial charge in [0.05, 0.1) is 24.4 Å². The molecule has 0 bridgehead atoms. The van der Waals surface area contributed by atoms with E-state index in [-0.39, 0.29) is 5.92 Å². The zero-order valence-corrected chi connectivity index (χ0v) is 16.4. The van der Waals surface area contributed by atoms with Gasteiger partial charge in [-0.15, -0.1) is 0 Å². The first-order valence-electron chi connectivity index (χ1n) is 8.84. The molecule has 1 heterocycles. The van der Waals surface area contributed by atoms with E-state index >= 15 is 0 Å². The number of allylic oxidation sites excluding steroid dienone is 2. The van der Waals surface area contributed by atoms with Crippen LogP contribution in [0.2, 0.25) is 0 Å². The Bertz CT molecular complexity index is 644. The third-order valence-corrected chi connectivity index (χ3v) is 5.11. The molecule has 0 saturated carbocycles. The smallest absolute Gasteiger partial charge is 0.257 e. The van der Waals surface area contributed by atoms with Crippen molar-refractivity contribution < 1.29 is 9.47 Å². The SMILES string of the molecule is CCc1nc(NC(CC)CC)c(OC)nc1C1C=CC=CC1(Cl)OC. The van der Waals surface area contributed by atoms with Gasteiger partial charge >= 0.3 is 0 Å². The molecule has 138 valence electrons. The minimum Gasteiger partial charge on any atom is -0.478 e. The molecule has 25 heavy (non-hydrogen) atoms. The lowest BCUT2D eigenvalue weighted by Crippen LogP contribution is -2.32. The van der Waals surface area contributed by atoms with Crippen molar-refractivity contribution in [2.24, 2.45) is 0 Å². The first kappa shape index (κ1) is 19.7. The van der Waals surface area contributed by atoms with Crippen LogP contribution in [0.15, 0.2) is 24.3 Å². The highest BCUT2D eigenvalue weighted by Crippen LogP contribution is 2.41. The normalized spacial score (nSPS) is 22.4. The molecule has 0 fully saturated rings. The highest BCUT2D eigenvalue weighted by molar-refractivity contribution is 6.25. The van der Waals surface area contributed by atoms with E-state index < -0.39 is 5.06 Å². The summed E-state index contributed by atoms with van der Waals surface area (Å²) in [5.74, 6) is 0.935. The number of aromatic nitrogens is 2. The largest absolute Gasteiger partial charge is 0.478 e. The van der Waals surface area contributed by atoms with Crippen molar-refractivity contribution in [2.45, 2.75) is 57.1 Å². The maximum atomic E-state index is 6.67. The second-order valence-corrected chi connectivity index (χ2v) is 6.64. The molecule has 1 aromatic heterocycles. The number of methoxy groups -OCH3 is 2. The van der Waals surface area contributed by atoms with Crippen molar-refractivity contribution in [3.8, 4) is 5.88 Å². The molecule has 5 nitrogen and oxygen atoms in total. The standard InChI is InChI=1S/C19H28ClN3O2/c1-6-13(7-2)21-17-18(24-4)23-16(15(8-3)22-17)14-11-9-10-12-19(14,20)25-5/h9-14H,6-8H2,1-5H3,(H,21,22). The molecule has 0 aliphatic heterocycles. The van der Waals surface area contributed by atoms with Crippen LogP contribution in [0, 0.1) is 0 Å². The molecule has 0 saturated heterocycles. The Balaban J connectivity index is 2.49. The monoisotopic (exact) mass is 365 g/mol. The quantitative estimate of drug-likeness (QED) is 0.690. The van der Waals surface area contributed by atoms with Gasteiger partial charge < -0.3 is 14.8 Å². The van der Waals surface area contributed by atoms with Crippen molar-refractivity contribution >= 4 is 17.4 Å². The van der Waals surface area contributed by atoms with Gasteiger partial charge in [-0.25, -0.2) is 9.97 Å². The fraction of sp³-hybridized carbons (Fsp3) is 0.579. The molecular formula is C19H28ClN3O2. The Kier molecular flexibility index (Phi) is 6.85. The van der Waals surface area contributed by atoms with Crippen LogP contribution in [0.25, 0.3) is 0 Å². The van der Waals surface area contributed by atoms with Crippen molar-refractivity contribution in [3.63, 3.8) is 0 Å². The number of alkyl halides is 1. The van der Waals surface area contributed by atoms with Crippen LogP contribution < -0.4 is 10.1 Å². The van der Waals surface area contributed by atoms with E-state index in [4.69, 9.17) is 31.0 Å². The Morgan fingerprint density at radius 1 is 1.20 bits per heavy atom. The van der Waals surface area contributed by atoms with Gasteiger partial charge in [0.2, 0.25) is 0 Å². The maximum absolute atomic E-state index is 6.67. The van der Waals surface area contributed by atoms with Crippen molar-refractivity contribution in [1.29, 1.82) is 0 Å². The lowest BCUT2D eigenvalue weighted by Gasteiger charge is -2.32. The van der Waals surface area contributed by atoms with Gasteiger partial charge in [-0.2, -0.15) is 0 Å². The van der Waals surface area contributed by atoms with Crippen LogP contribution in [-0.4, -0.2) is 35.3 Å². The summed E-state index contributed by atoms with van der Waals surface area (Å²) in [4.78, 5) is 9.56. The molecule has 2 atom stereocenters. The van der Waals surface area contributed by atoms with Gasteiger partial charge in [0.15, 0.2) is 10.9 Å². The second-order valence-electron chi connectivity index (χ2n) is 6.05. The van der Waals surface area contributed by atoms with Gasteiger partial charge in [0, 0.05) is 13.2 Å². The van der Waals surface area contributed by atoms with Crippen LogP contribution in [-0.2, 0) is 11.2 Å². The second kappa shape index (κ2) is 8.68. The number of anilines is 1. The molecule has 6 heteroatoms. The molecule has 0 spiro atoms. The predicted molar refractivity (Wildman–Crippen MR) is 103 cm³/mol. The van der Waals surface area contributed by atoms with Crippen LogP contribution in [0.4, 0.5) is 5.82 Å². The number of hydrogen-bond donors (Lipinski definition) is 1. The number of nitrogens with zero attached hydrogens (tertiary/aromatic N) is 2. The zero-order valence-electron chi connectivity index (χ0n) is 15.7. The summed E-state index contributed by atoms with van der Waals surface area (Å²) in [5.41, 5.74) is 1.67. The molecular weight excluding hydrogens is 338 g/mol. The average molecular weight is 366 g/mol. The van der Waals surface area contributed by atoms with E-state index in [0.717, 1.165) is 30.7 Å². The highest BCUT2D eigenvalue weighted by atomic mass is 35.5. The zero-order chi connectivity index (χ0) is 18.4. The van der Waals surface area contributed by atoms with Gasteiger partial charge in [0.1, 0.15) is 0 Å². The molecule has 1 aliphatic carbocycles. The molecule has 1 aromatic rings. The molecule has 1 aliphatic rings. The third-order valence-electron chi connectivity index (χ3n) is 4.59. The number of aryl methyl sites for hydroxylation is 1. The lowest BCUT2D eigenvalue weighted by atomic mass is 9.91. The lowest BCUT2D eigenvalue weighted by molar-refractivity contribution is 0.0896. The minimum atomic E-state index is -0.970. The Morgan fingerprint density at radius 2 is 1.92 bits per heavy atom. The number of halogens is 1. The first-order chi connectivity index (χ1) is 12.0. The van der Waals surface area contributed by atoms with E-state index in [2.05, 4.69) is 26.1 Å². The van der Waals surface area contributed by atoms with Crippen molar-refractivity contribution in [3.05, 3.63) is 35.7 Å². The summed E-state index contributed by atoms with van der Waals surface area (Å²) in [7, 11) is 3.21.